The third-order valence-corrected chi connectivity index (χ3v) is 3.81. The molecule has 106 valence electrons. The molecule has 0 saturated carbocycles. The van der Waals surface area contributed by atoms with Crippen LogP contribution in [0.25, 0.3) is 10.6 Å². The van der Waals surface area contributed by atoms with Crippen LogP contribution in [-0.2, 0) is 0 Å². The van der Waals surface area contributed by atoms with Gasteiger partial charge in [-0.3, -0.25) is 4.79 Å². The van der Waals surface area contributed by atoms with Crippen molar-refractivity contribution >= 4 is 34.5 Å². The van der Waals surface area contributed by atoms with Crippen LogP contribution in [0.5, 0.6) is 0 Å². The Morgan fingerprint density at radius 2 is 2.19 bits per heavy atom. The van der Waals surface area contributed by atoms with Crippen molar-refractivity contribution in [3.8, 4) is 10.6 Å². The van der Waals surface area contributed by atoms with Gasteiger partial charge in [0.05, 0.1) is 10.6 Å². The monoisotopic (exact) mass is 322 g/mol. The number of hydrogen-bond donors (Lipinski definition) is 1. The van der Waals surface area contributed by atoms with Crippen LogP contribution in [-0.4, -0.2) is 11.1 Å². The van der Waals surface area contributed by atoms with Gasteiger partial charge in [0.1, 0.15) is 5.82 Å². The molecule has 0 fully saturated rings. The molecule has 2 heterocycles. The summed E-state index contributed by atoms with van der Waals surface area (Å²) >= 11 is 7.12. The molecule has 0 saturated heterocycles. The van der Waals surface area contributed by atoms with Crippen LogP contribution in [0.2, 0.25) is 5.02 Å². The molecule has 4 nitrogen and oxygen atoms in total. The number of aromatic nitrogens is 1. The quantitative estimate of drug-likeness (QED) is 0.775. The summed E-state index contributed by atoms with van der Waals surface area (Å²) in [5, 5.41) is 8.25. The van der Waals surface area contributed by atoms with Gasteiger partial charge in [-0.1, -0.05) is 22.8 Å². The minimum Gasteiger partial charge on any atom is -0.355 e. The first-order valence-corrected chi connectivity index (χ1v) is 7.16. The smallest absolute Gasteiger partial charge is 0.277 e. The molecule has 0 aliphatic rings. The van der Waals surface area contributed by atoms with Crippen molar-refractivity contribution in [2.45, 2.75) is 0 Å². The van der Waals surface area contributed by atoms with Crippen molar-refractivity contribution in [1.29, 1.82) is 0 Å². The number of amides is 1. The SMILES string of the molecule is O=C(Nc1ccc(Cl)cc1F)c1cc(-c2cccs2)on1. The van der Waals surface area contributed by atoms with E-state index in [0.717, 1.165) is 10.9 Å². The highest BCUT2D eigenvalue weighted by molar-refractivity contribution is 7.13. The van der Waals surface area contributed by atoms with Crippen LogP contribution >= 0.6 is 22.9 Å². The molecule has 0 aliphatic carbocycles. The number of nitrogens with one attached hydrogen (secondary N) is 1. The topological polar surface area (TPSA) is 55.1 Å². The van der Waals surface area contributed by atoms with Gasteiger partial charge in [0.15, 0.2) is 11.5 Å². The van der Waals surface area contributed by atoms with E-state index in [-0.39, 0.29) is 16.4 Å². The van der Waals surface area contributed by atoms with Crippen molar-refractivity contribution < 1.29 is 13.7 Å². The molecule has 0 unspecified atom stereocenters. The molecule has 7 heteroatoms. The van der Waals surface area contributed by atoms with E-state index in [9.17, 15) is 9.18 Å². The Bertz CT molecular complexity index is 786. The van der Waals surface area contributed by atoms with Gasteiger partial charge >= 0.3 is 0 Å². The first-order valence-electron chi connectivity index (χ1n) is 5.90. The van der Waals surface area contributed by atoms with E-state index in [1.165, 1.54) is 29.5 Å². The van der Waals surface area contributed by atoms with E-state index in [0.29, 0.717) is 5.76 Å². The largest absolute Gasteiger partial charge is 0.355 e. The molecule has 0 atom stereocenters. The fourth-order valence-corrected chi connectivity index (χ4v) is 2.53. The molecule has 0 bridgehead atoms. The third-order valence-electron chi connectivity index (χ3n) is 2.69. The highest BCUT2D eigenvalue weighted by atomic mass is 35.5. The maximum Gasteiger partial charge on any atom is 0.277 e. The Hall–Kier alpha value is -2.18. The van der Waals surface area contributed by atoms with Gasteiger partial charge in [-0.15, -0.1) is 11.3 Å². The van der Waals surface area contributed by atoms with E-state index in [1.54, 1.807) is 0 Å². The summed E-state index contributed by atoms with van der Waals surface area (Å²) in [7, 11) is 0. The summed E-state index contributed by atoms with van der Waals surface area (Å²) in [6, 6.07) is 9.22. The number of nitrogens with zero attached hydrogens (tertiary/aromatic N) is 1. The molecule has 0 radical (unpaired) electrons. The van der Waals surface area contributed by atoms with Gasteiger partial charge in [0.2, 0.25) is 0 Å². The zero-order chi connectivity index (χ0) is 14.8. The van der Waals surface area contributed by atoms with E-state index in [4.69, 9.17) is 16.1 Å². The molecule has 0 aliphatic heterocycles. The third kappa shape index (κ3) is 2.96. The van der Waals surface area contributed by atoms with Crippen LogP contribution in [0, 0.1) is 5.82 Å². The molecule has 1 amide bonds. The number of benzene rings is 1. The molecule has 2 aromatic heterocycles. The average Bonchev–Trinajstić information content (AvgIpc) is 3.10. The van der Waals surface area contributed by atoms with Crippen molar-refractivity contribution in [2.24, 2.45) is 0 Å². The van der Waals surface area contributed by atoms with Gasteiger partial charge < -0.3 is 9.84 Å². The maximum absolute atomic E-state index is 13.6. The lowest BCUT2D eigenvalue weighted by Gasteiger charge is -2.04. The number of carbonyl (C=O) groups is 1. The lowest BCUT2D eigenvalue weighted by molar-refractivity contribution is 0.101. The summed E-state index contributed by atoms with van der Waals surface area (Å²) in [5.74, 6) is -0.674. The first-order chi connectivity index (χ1) is 10.1. The van der Waals surface area contributed by atoms with E-state index < -0.39 is 11.7 Å². The van der Waals surface area contributed by atoms with Crippen LogP contribution < -0.4 is 5.32 Å². The Morgan fingerprint density at radius 3 is 2.90 bits per heavy atom. The van der Waals surface area contributed by atoms with E-state index in [2.05, 4.69) is 10.5 Å². The van der Waals surface area contributed by atoms with Gasteiger partial charge in [0.25, 0.3) is 5.91 Å². The second kappa shape index (κ2) is 5.67. The van der Waals surface area contributed by atoms with Gasteiger partial charge in [-0.2, -0.15) is 0 Å². The number of rotatable bonds is 3. The zero-order valence-electron chi connectivity index (χ0n) is 10.5. The predicted molar refractivity (Wildman–Crippen MR) is 79.2 cm³/mol. The van der Waals surface area contributed by atoms with Crippen LogP contribution in [0.15, 0.2) is 46.3 Å². The van der Waals surface area contributed by atoms with Gasteiger partial charge in [-0.05, 0) is 29.6 Å². The lowest BCUT2D eigenvalue weighted by atomic mass is 10.2. The van der Waals surface area contributed by atoms with Crippen LogP contribution in [0.1, 0.15) is 10.5 Å². The van der Waals surface area contributed by atoms with Crippen molar-refractivity contribution in [1.82, 2.24) is 5.16 Å². The highest BCUT2D eigenvalue weighted by Gasteiger charge is 2.15. The number of carbonyl (C=O) groups excluding carboxylic acids is 1. The second-order valence-corrected chi connectivity index (χ2v) is 5.52. The first kappa shape index (κ1) is 13.8. The van der Waals surface area contributed by atoms with Crippen molar-refractivity contribution in [2.75, 3.05) is 5.32 Å². The summed E-state index contributed by atoms with van der Waals surface area (Å²) < 4.78 is 18.7. The highest BCUT2D eigenvalue weighted by Crippen LogP contribution is 2.25. The zero-order valence-corrected chi connectivity index (χ0v) is 12.0. The van der Waals surface area contributed by atoms with Crippen LogP contribution in [0.4, 0.5) is 10.1 Å². The normalized spacial score (nSPS) is 10.6. The number of anilines is 1. The number of thiophene rings is 1. The Kier molecular flexibility index (Phi) is 3.72. The average molecular weight is 323 g/mol. The molecule has 1 N–H and O–H groups in total. The molecular formula is C14H8ClFN2O2S. The predicted octanol–water partition coefficient (Wildman–Crippen LogP) is 4.45. The van der Waals surface area contributed by atoms with Crippen LogP contribution in [0.3, 0.4) is 0 Å². The molecule has 0 spiro atoms. The molecule has 1 aromatic carbocycles. The second-order valence-electron chi connectivity index (χ2n) is 4.13. The Balaban J connectivity index is 1.79. The number of hydrogen-bond acceptors (Lipinski definition) is 4. The molecular weight excluding hydrogens is 315 g/mol. The minimum absolute atomic E-state index is 0.0325. The Morgan fingerprint density at radius 1 is 1.33 bits per heavy atom. The minimum atomic E-state index is -0.613. The van der Waals surface area contributed by atoms with Gasteiger partial charge in [0, 0.05) is 11.1 Å². The Labute approximate surface area is 128 Å². The summed E-state index contributed by atoms with van der Waals surface area (Å²) in [6.45, 7) is 0. The van der Waals surface area contributed by atoms with Crippen molar-refractivity contribution in [3.63, 3.8) is 0 Å². The standard InChI is InChI=1S/C14H8ClFN2O2S/c15-8-3-4-10(9(16)6-8)17-14(19)11-7-12(20-18-11)13-2-1-5-21-13/h1-7H,(H,17,19). The molecule has 3 rings (SSSR count). The molecule has 21 heavy (non-hydrogen) atoms. The van der Waals surface area contributed by atoms with E-state index >= 15 is 0 Å². The fourth-order valence-electron chi connectivity index (χ4n) is 1.69. The summed E-state index contributed by atoms with van der Waals surface area (Å²) in [6.07, 6.45) is 0. The van der Waals surface area contributed by atoms with E-state index in [1.807, 2.05) is 17.5 Å². The fraction of sp³-hybridized carbons (Fsp3) is 0. The maximum atomic E-state index is 13.6. The summed E-state index contributed by atoms with van der Waals surface area (Å²) in [5.41, 5.74) is 0.109. The summed E-state index contributed by atoms with van der Waals surface area (Å²) in [4.78, 5) is 12.9. The van der Waals surface area contributed by atoms with Crippen molar-refractivity contribution in [3.05, 3.63) is 58.3 Å². The van der Waals surface area contributed by atoms with Gasteiger partial charge in [-0.25, -0.2) is 4.39 Å². The molecule has 3 aromatic rings. The lowest BCUT2D eigenvalue weighted by Crippen LogP contribution is -2.13. The number of halogens is 2.